The number of nitrogens with zero attached hydrogens (tertiary/aromatic N) is 6. The van der Waals surface area contributed by atoms with E-state index in [0.717, 1.165) is 49.0 Å². The SMILES string of the molecule is CCc1nn(C)cc1CN=C(N)N1CCN(c2nccs2)CC1.I. The van der Waals surface area contributed by atoms with Crippen LogP contribution in [0.4, 0.5) is 5.13 Å². The molecule has 9 heteroatoms. The Morgan fingerprint density at radius 1 is 1.33 bits per heavy atom. The van der Waals surface area contributed by atoms with Gasteiger partial charge in [-0.05, 0) is 6.42 Å². The number of anilines is 1. The quantitative estimate of drug-likeness (QED) is 0.426. The van der Waals surface area contributed by atoms with E-state index in [1.165, 1.54) is 0 Å². The maximum atomic E-state index is 6.18. The summed E-state index contributed by atoms with van der Waals surface area (Å²) in [7, 11) is 1.94. The fourth-order valence-corrected chi connectivity index (χ4v) is 3.48. The molecule has 0 aliphatic carbocycles. The van der Waals surface area contributed by atoms with E-state index < -0.39 is 0 Å². The number of piperazine rings is 1. The van der Waals surface area contributed by atoms with E-state index in [4.69, 9.17) is 5.73 Å². The van der Waals surface area contributed by atoms with Crippen molar-refractivity contribution in [2.24, 2.45) is 17.8 Å². The lowest BCUT2D eigenvalue weighted by Crippen LogP contribution is -2.51. The molecule has 1 saturated heterocycles. The summed E-state index contributed by atoms with van der Waals surface area (Å²) in [6, 6.07) is 0. The van der Waals surface area contributed by atoms with Gasteiger partial charge in [0.25, 0.3) is 0 Å². The van der Waals surface area contributed by atoms with Gasteiger partial charge in [0.1, 0.15) is 0 Å². The lowest BCUT2D eigenvalue weighted by molar-refractivity contribution is 0.380. The normalized spacial score (nSPS) is 15.5. The molecule has 132 valence electrons. The molecule has 0 unspecified atom stereocenters. The van der Waals surface area contributed by atoms with Crippen LogP contribution in [0.2, 0.25) is 0 Å². The third-order valence-corrected chi connectivity index (χ3v) is 4.86. The van der Waals surface area contributed by atoms with Crippen molar-refractivity contribution in [1.29, 1.82) is 0 Å². The molecule has 2 aromatic heterocycles. The van der Waals surface area contributed by atoms with E-state index in [1.54, 1.807) is 11.3 Å². The van der Waals surface area contributed by atoms with Crippen LogP contribution >= 0.6 is 35.3 Å². The minimum atomic E-state index is 0. The van der Waals surface area contributed by atoms with E-state index in [1.807, 2.05) is 29.5 Å². The summed E-state index contributed by atoms with van der Waals surface area (Å²) in [6.45, 7) is 6.31. The summed E-state index contributed by atoms with van der Waals surface area (Å²) in [5, 5.41) is 7.54. The molecule has 24 heavy (non-hydrogen) atoms. The van der Waals surface area contributed by atoms with Crippen LogP contribution in [0.3, 0.4) is 0 Å². The molecule has 1 aliphatic heterocycles. The van der Waals surface area contributed by atoms with Crippen molar-refractivity contribution in [2.75, 3.05) is 31.1 Å². The van der Waals surface area contributed by atoms with Gasteiger partial charge in [-0.3, -0.25) is 4.68 Å². The van der Waals surface area contributed by atoms with Crippen LogP contribution in [0.5, 0.6) is 0 Å². The third kappa shape index (κ3) is 4.38. The minimum Gasteiger partial charge on any atom is -0.370 e. The Labute approximate surface area is 163 Å². The van der Waals surface area contributed by atoms with Crippen LogP contribution in [-0.4, -0.2) is 51.8 Å². The highest BCUT2D eigenvalue weighted by molar-refractivity contribution is 14.0. The molecule has 1 aliphatic rings. The second-order valence-electron chi connectivity index (χ2n) is 5.59. The van der Waals surface area contributed by atoms with Gasteiger partial charge in [0.05, 0.1) is 12.2 Å². The Morgan fingerprint density at radius 3 is 2.71 bits per heavy atom. The van der Waals surface area contributed by atoms with Crippen LogP contribution in [0.25, 0.3) is 0 Å². The Bertz CT molecular complexity index is 659. The summed E-state index contributed by atoms with van der Waals surface area (Å²) < 4.78 is 1.84. The number of aromatic nitrogens is 3. The van der Waals surface area contributed by atoms with E-state index in [9.17, 15) is 0 Å². The summed E-state index contributed by atoms with van der Waals surface area (Å²) in [4.78, 5) is 13.4. The molecule has 3 heterocycles. The molecule has 0 amide bonds. The second kappa shape index (κ2) is 8.65. The fraction of sp³-hybridized carbons (Fsp3) is 0.533. The van der Waals surface area contributed by atoms with Crippen molar-refractivity contribution < 1.29 is 0 Å². The monoisotopic (exact) mass is 461 g/mol. The zero-order chi connectivity index (χ0) is 16.2. The Kier molecular flexibility index (Phi) is 6.84. The van der Waals surface area contributed by atoms with Gasteiger partial charge in [-0.2, -0.15) is 5.10 Å². The first kappa shape index (κ1) is 19.0. The smallest absolute Gasteiger partial charge is 0.191 e. The first-order chi connectivity index (χ1) is 11.2. The van der Waals surface area contributed by atoms with E-state index in [2.05, 4.69) is 31.8 Å². The first-order valence-corrected chi connectivity index (χ1v) is 8.76. The van der Waals surface area contributed by atoms with E-state index in [0.29, 0.717) is 12.5 Å². The van der Waals surface area contributed by atoms with Gasteiger partial charge in [-0.1, -0.05) is 6.92 Å². The Hall–Kier alpha value is -1.36. The molecule has 0 spiro atoms. The number of guanidine groups is 1. The molecule has 0 saturated carbocycles. The highest BCUT2D eigenvalue weighted by Gasteiger charge is 2.19. The topological polar surface area (TPSA) is 75.6 Å². The van der Waals surface area contributed by atoms with Crippen molar-refractivity contribution in [3.05, 3.63) is 29.0 Å². The zero-order valence-corrected chi connectivity index (χ0v) is 17.2. The molecule has 0 atom stereocenters. The molecule has 1 fully saturated rings. The van der Waals surface area contributed by atoms with Gasteiger partial charge in [-0.15, -0.1) is 35.3 Å². The van der Waals surface area contributed by atoms with Gasteiger partial charge in [0.2, 0.25) is 0 Å². The van der Waals surface area contributed by atoms with Crippen molar-refractivity contribution in [2.45, 2.75) is 19.9 Å². The number of hydrogen-bond acceptors (Lipinski definition) is 5. The third-order valence-electron chi connectivity index (χ3n) is 4.03. The average Bonchev–Trinajstić information content (AvgIpc) is 3.22. The van der Waals surface area contributed by atoms with E-state index in [-0.39, 0.29) is 24.0 Å². The fourth-order valence-electron chi connectivity index (χ4n) is 2.78. The number of aryl methyl sites for hydroxylation is 2. The van der Waals surface area contributed by atoms with Gasteiger partial charge in [-0.25, -0.2) is 9.98 Å². The van der Waals surface area contributed by atoms with Crippen molar-refractivity contribution >= 4 is 46.4 Å². The lowest BCUT2D eigenvalue weighted by Gasteiger charge is -2.35. The van der Waals surface area contributed by atoms with Crippen molar-refractivity contribution in [1.82, 2.24) is 19.7 Å². The lowest BCUT2D eigenvalue weighted by atomic mass is 10.2. The molecule has 0 radical (unpaired) electrons. The molecule has 0 bridgehead atoms. The number of halogens is 1. The predicted molar refractivity (Wildman–Crippen MR) is 109 cm³/mol. The maximum Gasteiger partial charge on any atom is 0.191 e. The molecule has 2 N–H and O–H groups in total. The molecule has 0 aromatic carbocycles. The standard InChI is InChI=1S/C15H23N7S.HI/c1-3-13-12(11-20(2)19-13)10-18-14(16)21-5-7-22(8-6-21)15-17-4-9-23-15;/h4,9,11H,3,5-8,10H2,1-2H3,(H2,16,18);1H. The number of nitrogens with two attached hydrogens (primary N) is 1. The summed E-state index contributed by atoms with van der Waals surface area (Å²) >= 11 is 1.68. The zero-order valence-electron chi connectivity index (χ0n) is 14.1. The van der Waals surface area contributed by atoms with Crippen LogP contribution < -0.4 is 10.6 Å². The number of rotatable bonds is 4. The molecule has 7 nitrogen and oxygen atoms in total. The van der Waals surface area contributed by atoms with Gasteiger partial charge in [0.15, 0.2) is 11.1 Å². The highest BCUT2D eigenvalue weighted by Crippen LogP contribution is 2.18. The highest BCUT2D eigenvalue weighted by atomic mass is 127. The summed E-state index contributed by atoms with van der Waals surface area (Å²) in [5.41, 5.74) is 8.42. The van der Waals surface area contributed by atoms with Gasteiger partial charge in [0, 0.05) is 56.6 Å². The molecular weight excluding hydrogens is 437 g/mol. The molecule has 3 rings (SSSR count). The maximum absolute atomic E-state index is 6.18. The number of aliphatic imine (C=N–C) groups is 1. The number of hydrogen-bond donors (Lipinski definition) is 1. The van der Waals surface area contributed by atoms with Crippen LogP contribution in [0.15, 0.2) is 22.8 Å². The average molecular weight is 461 g/mol. The second-order valence-corrected chi connectivity index (χ2v) is 6.46. The predicted octanol–water partition coefficient (Wildman–Crippen LogP) is 1.69. The van der Waals surface area contributed by atoms with Gasteiger partial charge < -0.3 is 15.5 Å². The largest absolute Gasteiger partial charge is 0.370 e. The van der Waals surface area contributed by atoms with Crippen LogP contribution in [-0.2, 0) is 20.0 Å². The molecule has 2 aromatic rings. The first-order valence-electron chi connectivity index (χ1n) is 7.88. The number of thiazole rings is 1. The van der Waals surface area contributed by atoms with E-state index >= 15 is 0 Å². The van der Waals surface area contributed by atoms with Crippen molar-refractivity contribution in [3.8, 4) is 0 Å². The minimum absolute atomic E-state index is 0. The Morgan fingerprint density at radius 2 is 2.08 bits per heavy atom. The summed E-state index contributed by atoms with van der Waals surface area (Å²) in [5.74, 6) is 0.620. The summed E-state index contributed by atoms with van der Waals surface area (Å²) in [6.07, 6.45) is 4.79. The van der Waals surface area contributed by atoms with Crippen LogP contribution in [0.1, 0.15) is 18.2 Å². The van der Waals surface area contributed by atoms with Crippen molar-refractivity contribution in [3.63, 3.8) is 0 Å². The van der Waals surface area contributed by atoms with Gasteiger partial charge >= 0.3 is 0 Å². The van der Waals surface area contributed by atoms with Crippen LogP contribution in [0, 0.1) is 0 Å². The molecular formula is C15H24IN7S. The Balaban J connectivity index is 0.00000208.